The Balaban J connectivity index is 1.59. The number of urea groups is 1. The Kier molecular flexibility index (Phi) is 8.44. The number of carbonyl (C=O) groups excluding carboxylic acids is 4. The van der Waals surface area contributed by atoms with Gasteiger partial charge < -0.3 is 45.6 Å². The summed E-state index contributed by atoms with van der Waals surface area (Å²) >= 11 is 6.14. The number of hydrogen-bond donors (Lipinski definition) is 7. The van der Waals surface area contributed by atoms with Gasteiger partial charge in [0.05, 0.1) is 16.5 Å². The lowest BCUT2D eigenvalue weighted by Gasteiger charge is -2.33. The van der Waals surface area contributed by atoms with Gasteiger partial charge in [-0.2, -0.15) is 0 Å². The molecule has 2 aromatic carbocycles. The molecule has 2 aliphatic heterocycles. The number of phenols is 2. The van der Waals surface area contributed by atoms with Crippen molar-refractivity contribution in [3.63, 3.8) is 0 Å². The predicted molar refractivity (Wildman–Crippen MR) is 140 cm³/mol. The number of para-hydroxylation sites is 1. The van der Waals surface area contributed by atoms with Crippen molar-refractivity contribution in [2.45, 2.75) is 18.4 Å². The number of piperazine rings is 1. The standard InChI is InChI=1S/C24H22BClN4O12/c26-16-11(4-5-13(31)18(16)34)17(28-24(40)30-7-6-29(9-15(32)33)21(36)22(30)37)20(35)27-14-8-10-2-1-3-12(23(38)39)19(10)42-25(14)41/h1-5,14,17,31,34,41H,6-9H2,(H,27,35)(H,28,40)(H,32,33)(H,38,39)/t14-,17?/m0/s1. The van der Waals surface area contributed by atoms with Gasteiger partial charge in [0.15, 0.2) is 11.5 Å². The highest BCUT2D eigenvalue weighted by Gasteiger charge is 2.42. The zero-order valence-corrected chi connectivity index (χ0v) is 22.1. The first-order valence-corrected chi connectivity index (χ1v) is 12.5. The quantitative estimate of drug-likeness (QED) is 0.115. The number of nitrogens with zero attached hydrogens (tertiary/aromatic N) is 2. The third-order valence-electron chi connectivity index (χ3n) is 6.52. The number of fused-ring (bicyclic) bond motifs is 1. The summed E-state index contributed by atoms with van der Waals surface area (Å²) in [6.07, 6.45) is -0.100. The minimum absolute atomic E-state index is 0.0930. The van der Waals surface area contributed by atoms with Crippen molar-refractivity contribution < 1.29 is 58.9 Å². The van der Waals surface area contributed by atoms with Crippen molar-refractivity contribution in [3.8, 4) is 17.2 Å². The molecule has 2 aliphatic rings. The summed E-state index contributed by atoms with van der Waals surface area (Å²) in [5.74, 6) is -9.08. The summed E-state index contributed by atoms with van der Waals surface area (Å²) in [4.78, 5) is 75.1. The molecule has 7 N–H and O–H groups in total. The topological polar surface area (TPSA) is 243 Å². The molecule has 2 atom stereocenters. The second-order valence-corrected chi connectivity index (χ2v) is 9.60. The van der Waals surface area contributed by atoms with Crippen LogP contribution < -0.4 is 15.3 Å². The smallest absolute Gasteiger partial charge is 0.534 e. The molecule has 0 radical (unpaired) electrons. The zero-order chi connectivity index (χ0) is 30.9. The number of aromatic carboxylic acids is 1. The maximum atomic E-state index is 13.5. The number of aromatic hydroxyl groups is 2. The van der Waals surface area contributed by atoms with Gasteiger partial charge in [0.2, 0.25) is 5.91 Å². The number of phenolic OH excluding ortho intramolecular Hbond substituents is 2. The molecule has 0 saturated carbocycles. The molecular weight excluding hydrogens is 583 g/mol. The fourth-order valence-corrected chi connectivity index (χ4v) is 4.71. The molecule has 16 nitrogen and oxygen atoms in total. The van der Waals surface area contributed by atoms with E-state index in [4.69, 9.17) is 21.4 Å². The lowest BCUT2D eigenvalue weighted by Crippen LogP contribution is -2.60. The van der Waals surface area contributed by atoms with Crippen molar-refractivity contribution in [2.75, 3.05) is 19.6 Å². The Hall–Kier alpha value is -5.03. The van der Waals surface area contributed by atoms with Crippen LogP contribution in [0.5, 0.6) is 17.2 Å². The fourth-order valence-electron chi connectivity index (χ4n) is 4.44. The summed E-state index contributed by atoms with van der Waals surface area (Å²) in [5, 5.41) is 52.9. The normalized spacial score (nSPS) is 17.2. The second-order valence-electron chi connectivity index (χ2n) is 9.22. The number of hydrogen-bond acceptors (Lipinski definition) is 10. The van der Waals surface area contributed by atoms with E-state index in [-0.39, 0.29) is 29.8 Å². The lowest BCUT2D eigenvalue weighted by atomic mass is 9.72. The fraction of sp³-hybridized carbons (Fsp3) is 0.250. The lowest BCUT2D eigenvalue weighted by molar-refractivity contribution is -0.156. The maximum absolute atomic E-state index is 13.5. The molecule has 2 aromatic rings. The van der Waals surface area contributed by atoms with Crippen molar-refractivity contribution in [2.24, 2.45) is 0 Å². The van der Waals surface area contributed by atoms with Crippen molar-refractivity contribution in [1.82, 2.24) is 20.4 Å². The van der Waals surface area contributed by atoms with E-state index in [2.05, 4.69) is 10.6 Å². The van der Waals surface area contributed by atoms with Gasteiger partial charge in [-0.3, -0.25) is 24.1 Å². The van der Waals surface area contributed by atoms with Crippen LogP contribution >= 0.6 is 11.6 Å². The summed E-state index contributed by atoms with van der Waals surface area (Å²) in [5.41, 5.74) is -0.119. The van der Waals surface area contributed by atoms with Crippen molar-refractivity contribution in [1.29, 1.82) is 0 Å². The first-order chi connectivity index (χ1) is 19.8. The molecule has 1 fully saturated rings. The molecule has 0 aromatic heterocycles. The monoisotopic (exact) mass is 604 g/mol. The van der Waals surface area contributed by atoms with E-state index in [1.165, 1.54) is 18.2 Å². The first-order valence-electron chi connectivity index (χ1n) is 12.1. The van der Waals surface area contributed by atoms with Crippen LogP contribution in [0.3, 0.4) is 0 Å². The number of carbonyl (C=O) groups is 6. The number of imide groups is 1. The number of aliphatic carboxylic acids is 1. The Bertz CT molecular complexity index is 1500. The van der Waals surface area contributed by atoms with E-state index in [9.17, 15) is 49.1 Å². The van der Waals surface area contributed by atoms with Gasteiger partial charge >= 0.3 is 36.9 Å². The van der Waals surface area contributed by atoms with Crippen LogP contribution in [-0.2, 0) is 25.6 Å². The molecule has 220 valence electrons. The van der Waals surface area contributed by atoms with E-state index >= 15 is 0 Å². The predicted octanol–water partition coefficient (Wildman–Crippen LogP) is -0.905. The Morgan fingerprint density at radius 1 is 1.07 bits per heavy atom. The molecule has 1 saturated heterocycles. The number of benzene rings is 2. The van der Waals surface area contributed by atoms with E-state index in [0.717, 1.165) is 17.0 Å². The number of amides is 5. The van der Waals surface area contributed by atoms with Gasteiger partial charge in [-0.25, -0.2) is 9.59 Å². The minimum Gasteiger partial charge on any atom is -0.534 e. The Morgan fingerprint density at radius 2 is 1.79 bits per heavy atom. The van der Waals surface area contributed by atoms with Crippen LogP contribution in [0.25, 0.3) is 0 Å². The summed E-state index contributed by atoms with van der Waals surface area (Å²) < 4.78 is 5.36. The zero-order valence-electron chi connectivity index (χ0n) is 21.3. The van der Waals surface area contributed by atoms with E-state index in [0.29, 0.717) is 10.5 Å². The highest BCUT2D eigenvalue weighted by Crippen LogP contribution is 2.38. The van der Waals surface area contributed by atoms with E-state index in [1.54, 1.807) is 0 Å². The van der Waals surface area contributed by atoms with Gasteiger partial charge in [-0.05, 0) is 24.1 Å². The van der Waals surface area contributed by atoms with Crippen LogP contribution in [-0.4, -0.2) is 104 Å². The largest absolute Gasteiger partial charge is 0.547 e. The molecule has 1 unspecified atom stereocenters. The Morgan fingerprint density at radius 3 is 2.45 bits per heavy atom. The number of nitrogens with one attached hydrogen (secondary N) is 2. The first kappa shape index (κ1) is 29.9. The molecule has 0 bridgehead atoms. The average Bonchev–Trinajstić information content (AvgIpc) is 2.93. The van der Waals surface area contributed by atoms with Gasteiger partial charge in [0.1, 0.15) is 18.3 Å². The summed E-state index contributed by atoms with van der Waals surface area (Å²) in [6.45, 7) is -1.48. The highest BCUT2D eigenvalue weighted by atomic mass is 35.5. The Labute approximate surface area is 241 Å². The molecule has 18 heteroatoms. The summed E-state index contributed by atoms with van der Waals surface area (Å²) in [6, 6.07) is 3.28. The van der Waals surface area contributed by atoms with Crippen molar-refractivity contribution >= 4 is 54.4 Å². The SMILES string of the molecule is O=C(O)CN1CCN(C(=O)NC(C(=O)N[C@H]2Cc3cccc(C(=O)O)c3OB2O)c2ccc(O)c(O)c2Cl)C(=O)C1=O. The molecular formula is C24H22BClN4O12. The summed E-state index contributed by atoms with van der Waals surface area (Å²) in [7, 11) is -1.73. The molecule has 0 spiro atoms. The molecule has 42 heavy (non-hydrogen) atoms. The van der Waals surface area contributed by atoms with Crippen LogP contribution in [0.1, 0.15) is 27.5 Å². The van der Waals surface area contributed by atoms with Gasteiger partial charge in [-0.1, -0.05) is 29.8 Å². The maximum Gasteiger partial charge on any atom is 0.547 e. The van der Waals surface area contributed by atoms with Crippen LogP contribution in [0.15, 0.2) is 30.3 Å². The third-order valence-corrected chi connectivity index (χ3v) is 6.92. The third kappa shape index (κ3) is 5.86. The van der Waals surface area contributed by atoms with Gasteiger partial charge in [0.25, 0.3) is 0 Å². The van der Waals surface area contributed by atoms with Crippen molar-refractivity contribution in [3.05, 3.63) is 52.0 Å². The minimum atomic E-state index is -1.78. The molecule has 4 rings (SSSR count). The average molecular weight is 605 g/mol. The molecule has 5 amide bonds. The van der Waals surface area contributed by atoms with Crippen LogP contribution in [0, 0.1) is 0 Å². The van der Waals surface area contributed by atoms with E-state index < -0.39 is 84.4 Å². The highest BCUT2D eigenvalue weighted by molar-refractivity contribution is 6.47. The molecule has 0 aliphatic carbocycles. The van der Waals surface area contributed by atoms with Gasteiger partial charge in [0, 0.05) is 18.7 Å². The number of carboxylic acids is 2. The molecule has 2 heterocycles. The van der Waals surface area contributed by atoms with Crippen LogP contribution in [0.2, 0.25) is 5.02 Å². The number of carboxylic acid groups (broad SMARTS) is 2. The van der Waals surface area contributed by atoms with Gasteiger partial charge in [-0.15, -0.1) is 0 Å². The van der Waals surface area contributed by atoms with Crippen LogP contribution in [0.4, 0.5) is 4.79 Å². The second kappa shape index (κ2) is 11.8. The number of halogens is 1. The number of rotatable bonds is 7. The van der Waals surface area contributed by atoms with E-state index in [1.807, 2.05) is 0 Å².